The van der Waals surface area contributed by atoms with Gasteiger partial charge in [-0.1, -0.05) is 13.0 Å². The van der Waals surface area contributed by atoms with Gasteiger partial charge >= 0.3 is 5.97 Å². The van der Waals surface area contributed by atoms with Gasteiger partial charge in [-0.25, -0.2) is 13.6 Å². The molecule has 0 saturated heterocycles. The van der Waals surface area contributed by atoms with Crippen LogP contribution in [-0.4, -0.2) is 35.0 Å². The van der Waals surface area contributed by atoms with Crippen LogP contribution in [0.2, 0.25) is 0 Å². The second-order valence-electron chi connectivity index (χ2n) is 4.79. The van der Waals surface area contributed by atoms with Crippen molar-refractivity contribution in [3.63, 3.8) is 0 Å². The number of hydrogen-bond acceptors (Lipinski definition) is 2. The Kier molecular flexibility index (Phi) is 5.19. The number of benzene rings is 1. The molecule has 0 fully saturated rings. The molecule has 0 spiro atoms. The van der Waals surface area contributed by atoms with Gasteiger partial charge in [-0.05, 0) is 24.5 Å². The zero-order chi connectivity index (χ0) is 15.4. The van der Waals surface area contributed by atoms with Crippen LogP contribution >= 0.6 is 0 Å². The van der Waals surface area contributed by atoms with Crippen molar-refractivity contribution in [1.82, 2.24) is 4.90 Å². The molecule has 1 rings (SSSR count). The summed E-state index contributed by atoms with van der Waals surface area (Å²) < 4.78 is 26.4. The van der Waals surface area contributed by atoms with Gasteiger partial charge in [0.15, 0.2) is 0 Å². The summed E-state index contributed by atoms with van der Waals surface area (Å²) in [5.41, 5.74) is 0.233. The van der Waals surface area contributed by atoms with Gasteiger partial charge < -0.3 is 10.0 Å². The van der Waals surface area contributed by atoms with Crippen LogP contribution in [0.3, 0.4) is 0 Å². The number of carboxylic acid groups (broad SMARTS) is 1. The highest BCUT2D eigenvalue weighted by Crippen LogP contribution is 2.23. The predicted octanol–water partition coefficient (Wildman–Crippen LogP) is 2.39. The van der Waals surface area contributed by atoms with Crippen molar-refractivity contribution in [3.8, 4) is 0 Å². The molecule has 0 aliphatic heterocycles. The SMILES string of the molecule is CC(CC(=O)N(C)C(C)C(=O)O)c1ccc(F)cc1F. The van der Waals surface area contributed by atoms with E-state index in [0.717, 1.165) is 17.0 Å². The smallest absolute Gasteiger partial charge is 0.326 e. The number of amides is 1. The molecule has 0 aliphatic rings. The maximum Gasteiger partial charge on any atom is 0.326 e. The average Bonchev–Trinajstić information content (AvgIpc) is 2.36. The van der Waals surface area contributed by atoms with E-state index >= 15 is 0 Å². The second-order valence-corrected chi connectivity index (χ2v) is 4.79. The third kappa shape index (κ3) is 3.76. The zero-order valence-electron chi connectivity index (χ0n) is 11.6. The lowest BCUT2D eigenvalue weighted by molar-refractivity contribution is -0.148. The first-order valence-corrected chi connectivity index (χ1v) is 6.17. The number of carboxylic acids is 1. The zero-order valence-corrected chi connectivity index (χ0v) is 11.6. The molecule has 0 aliphatic carbocycles. The Labute approximate surface area is 116 Å². The van der Waals surface area contributed by atoms with Gasteiger partial charge in [0, 0.05) is 19.5 Å². The number of halogens is 2. The van der Waals surface area contributed by atoms with Gasteiger partial charge in [0.1, 0.15) is 17.7 Å². The van der Waals surface area contributed by atoms with Crippen molar-refractivity contribution < 1.29 is 23.5 Å². The lowest BCUT2D eigenvalue weighted by atomic mass is 9.96. The summed E-state index contributed by atoms with van der Waals surface area (Å²) in [4.78, 5) is 23.8. The molecule has 0 bridgehead atoms. The minimum absolute atomic E-state index is 0.0450. The van der Waals surface area contributed by atoms with Crippen molar-refractivity contribution >= 4 is 11.9 Å². The number of carbonyl (C=O) groups excluding carboxylic acids is 1. The number of hydrogen-bond donors (Lipinski definition) is 1. The predicted molar refractivity (Wildman–Crippen MR) is 69.3 cm³/mol. The molecule has 0 saturated carbocycles. The van der Waals surface area contributed by atoms with Gasteiger partial charge in [-0.15, -0.1) is 0 Å². The van der Waals surface area contributed by atoms with Crippen LogP contribution < -0.4 is 0 Å². The average molecular weight is 285 g/mol. The molecule has 6 heteroatoms. The van der Waals surface area contributed by atoms with Crippen LogP contribution in [0.4, 0.5) is 8.78 Å². The standard InChI is InChI=1S/C14H17F2NO3/c1-8(11-5-4-10(15)7-12(11)16)6-13(18)17(3)9(2)14(19)20/h4-5,7-9H,6H2,1-3H3,(H,19,20). The molecule has 1 aromatic rings. The minimum Gasteiger partial charge on any atom is -0.480 e. The van der Waals surface area contributed by atoms with E-state index in [1.54, 1.807) is 6.92 Å². The molecule has 2 atom stereocenters. The Morgan fingerprint density at radius 1 is 1.30 bits per heavy atom. The van der Waals surface area contributed by atoms with Gasteiger partial charge in [0.25, 0.3) is 0 Å². The quantitative estimate of drug-likeness (QED) is 0.903. The number of carbonyl (C=O) groups is 2. The monoisotopic (exact) mass is 285 g/mol. The first-order valence-electron chi connectivity index (χ1n) is 6.17. The first kappa shape index (κ1) is 16.1. The largest absolute Gasteiger partial charge is 0.480 e. The van der Waals surface area contributed by atoms with Crippen molar-refractivity contribution in [3.05, 3.63) is 35.4 Å². The molecule has 0 radical (unpaired) electrons. The highest BCUT2D eigenvalue weighted by molar-refractivity contribution is 5.83. The van der Waals surface area contributed by atoms with E-state index < -0.39 is 35.5 Å². The van der Waals surface area contributed by atoms with Gasteiger partial charge in [-0.3, -0.25) is 4.79 Å². The summed E-state index contributed by atoms with van der Waals surface area (Å²) in [6.45, 7) is 3.02. The summed E-state index contributed by atoms with van der Waals surface area (Å²) in [7, 11) is 1.38. The van der Waals surface area contributed by atoms with E-state index in [9.17, 15) is 18.4 Å². The third-order valence-electron chi connectivity index (χ3n) is 3.31. The maximum atomic E-state index is 13.6. The Morgan fingerprint density at radius 3 is 2.40 bits per heavy atom. The van der Waals surface area contributed by atoms with E-state index in [1.165, 1.54) is 20.0 Å². The number of nitrogens with zero attached hydrogens (tertiary/aromatic N) is 1. The fraction of sp³-hybridized carbons (Fsp3) is 0.429. The lowest BCUT2D eigenvalue weighted by Gasteiger charge is -2.23. The Hall–Kier alpha value is -1.98. The van der Waals surface area contributed by atoms with E-state index in [0.29, 0.717) is 0 Å². The number of rotatable bonds is 5. The fourth-order valence-corrected chi connectivity index (χ4v) is 1.80. The highest BCUT2D eigenvalue weighted by atomic mass is 19.1. The van der Waals surface area contributed by atoms with Crippen LogP contribution in [-0.2, 0) is 9.59 Å². The molecular formula is C14H17F2NO3. The summed E-state index contributed by atoms with van der Waals surface area (Å²) in [5.74, 6) is -3.37. The van der Waals surface area contributed by atoms with Crippen LogP contribution in [0.1, 0.15) is 31.7 Å². The fourth-order valence-electron chi connectivity index (χ4n) is 1.80. The first-order chi connectivity index (χ1) is 9.23. The van der Waals surface area contributed by atoms with Gasteiger partial charge in [-0.2, -0.15) is 0 Å². The molecule has 1 aromatic carbocycles. The lowest BCUT2D eigenvalue weighted by Crippen LogP contribution is -2.40. The van der Waals surface area contributed by atoms with Gasteiger partial charge in [0.05, 0.1) is 0 Å². The molecule has 0 aromatic heterocycles. The number of likely N-dealkylation sites (N-methyl/N-ethyl adjacent to an activating group) is 1. The third-order valence-corrected chi connectivity index (χ3v) is 3.31. The highest BCUT2D eigenvalue weighted by Gasteiger charge is 2.24. The second kappa shape index (κ2) is 6.45. The van der Waals surface area contributed by atoms with Crippen LogP contribution in [0, 0.1) is 11.6 Å². The van der Waals surface area contributed by atoms with Crippen molar-refractivity contribution in [2.75, 3.05) is 7.05 Å². The molecule has 4 nitrogen and oxygen atoms in total. The van der Waals surface area contributed by atoms with E-state index in [1.807, 2.05) is 0 Å². The van der Waals surface area contributed by atoms with Gasteiger partial charge in [0.2, 0.25) is 5.91 Å². The normalized spacial score (nSPS) is 13.7. The molecule has 1 N–H and O–H groups in total. The molecule has 2 unspecified atom stereocenters. The molecule has 1 amide bonds. The van der Waals surface area contributed by atoms with E-state index in [2.05, 4.69) is 0 Å². The Morgan fingerprint density at radius 2 is 1.90 bits per heavy atom. The van der Waals surface area contributed by atoms with Crippen LogP contribution in [0.25, 0.3) is 0 Å². The number of aliphatic carboxylic acids is 1. The molecule has 0 heterocycles. The molecular weight excluding hydrogens is 268 g/mol. The molecule has 20 heavy (non-hydrogen) atoms. The topological polar surface area (TPSA) is 57.6 Å². The Balaban J connectivity index is 2.77. The van der Waals surface area contributed by atoms with Crippen LogP contribution in [0.15, 0.2) is 18.2 Å². The summed E-state index contributed by atoms with van der Waals surface area (Å²) in [5, 5.41) is 8.83. The van der Waals surface area contributed by atoms with Crippen LogP contribution in [0.5, 0.6) is 0 Å². The maximum absolute atomic E-state index is 13.6. The summed E-state index contributed by atoms with van der Waals surface area (Å²) in [6, 6.07) is 2.24. The summed E-state index contributed by atoms with van der Waals surface area (Å²) in [6.07, 6.45) is -0.0450. The van der Waals surface area contributed by atoms with Crippen molar-refractivity contribution in [2.24, 2.45) is 0 Å². The van der Waals surface area contributed by atoms with E-state index in [4.69, 9.17) is 5.11 Å². The Bertz CT molecular complexity index is 519. The van der Waals surface area contributed by atoms with Crippen molar-refractivity contribution in [1.29, 1.82) is 0 Å². The molecule has 110 valence electrons. The summed E-state index contributed by atoms with van der Waals surface area (Å²) >= 11 is 0. The minimum atomic E-state index is -1.11. The van der Waals surface area contributed by atoms with Crippen molar-refractivity contribution in [2.45, 2.75) is 32.2 Å². The van der Waals surface area contributed by atoms with E-state index in [-0.39, 0.29) is 12.0 Å².